The Balaban J connectivity index is 0. The van der Waals surface area contributed by atoms with Crippen LogP contribution in [0, 0.1) is 0 Å². The Morgan fingerprint density at radius 2 is 2.00 bits per heavy atom. The predicted molar refractivity (Wildman–Crippen MR) is 46.1 cm³/mol. The molecule has 0 heterocycles. The molecule has 12 heavy (non-hydrogen) atoms. The molecule has 0 aromatic heterocycles. The third-order valence-electron chi connectivity index (χ3n) is 0.663. The van der Waals surface area contributed by atoms with Gasteiger partial charge in [0.1, 0.15) is 0 Å². The molecule has 0 atom stereocenters. The van der Waals surface area contributed by atoms with Crippen molar-refractivity contribution >= 4 is 16.0 Å². The number of carbonyl (C=O) groups excluding carboxylic acids is 1. The first-order chi connectivity index (χ1) is 5.33. The van der Waals surface area contributed by atoms with Crippen molar-refractivity contribution in [1.82, 2.24) is 0 Å². The van der Waals surface area contributed by atoms with Crippen molar-refractivity contribution in [2.45, 2.75) is 13.3 Å². The molecule has 0 aliphatic carbocycles. The van der Waals surface area contributed by atoms with Crippen LogP contribution in [0.2, 0.25) is 0 Å². The van der Waals surface area contributed by atoms with Gasteiger partial charge in [0, 0.05) is 0 Å². The van der Waals surface area contributed by atoms with Crippen LogP contribution in [0.15, 0.2) is 12.7 Å². The van der Waals surface area contributed by atoms with Gasteiger partial charge in [0.25, 0.3) is 10.1 Å². The Bertz CT molecular complexity index is 232. The first-order valence-corrected chi connectivity index (χ1v) is 4.81. The molecule has 0 fully saturated rings. The summed E-state index contributed by atoms with van der Waals surface area (Å²) in [5.41, 5.74) is 4.53. The highest BCUT2D eigenvalue weighted by Gasteiger charge is 1.98. The van der Waals surface area contributed by atoms with E-state index in [4.69, 9.17) is 4.55 Å². The molecule has 72 valence electrons. The van der Waals surface area contributed by atoms with Crippen LogP contribution in [0.1, 0.15) is 13.3 Å². The zero-order chi connectivity index (χ0) is 10.2. The van der Waals surface area contributed by atoms with Crippen LogP contribution in [0.5, 0.6) is 0 Å². The van der Waals surface area contributed by atoms with E-state index in [2.05, 4.69) is 12.3 Å². The van der Waals surface area contributed by atoms with Crippen LogP contribution >= 0.6 is 0 Å². The lowest BCUT2D eigenvalue weighted by Gasteiger charge is -1.85. The summed E-state index contributed by atoms with van der Waals surface area (Å²) in [5.74, 6) is -0.613. The van der Waals surface area contributed by atoms with E-state index in [1.54, 1.807) is 6.92 Å². The summed E-state index contributed by atoms with van der Waals surface area (Å²) in [5, 5.41) is 0. The zero-order valence-corrected chi connectivity index (χ0v) is 7.67. The van der Waals surface area contributed by atoms with E-state index in [1.807, 2.05) is 0 Å². The number of carbonyl (C=O) groups is 1. The monoisotopic (exact) mass is 195 g/mol. The highest BCUT2D eigenvalue weighted by Crippen LogP contribution is 1.83. The number of rotatable bonds is 3. The molecule has 0 unspecified atom stereocenters. The Hall–Kier alpha value is -0.880. The van der Waals surface area contributed by atoms with Gasteiger partial charge in [-0.1, -0.05) is 13.5 Å². The van der Waals surface area contributed by atoms with E-state index >= 15 is 0 Å². The van der Waals surface area contributed by atoms with Crippen molar-refractivity contribution in [3.63, 3.8) is 0 Å². The molecule has 5 nitrogen and oxygen atoms in total. The van der Waals surface area contributed by atoms with Gasteiger partial charge in [-0.3, -0.25) is 9.35 Å². The largest absolute Gasteiger partial charge is 0.366 e. The maximum absolute atomic E-state index is 9.79. The molecular weight excluding hydrogens is 182 g/mol. The van der Waals surface area contributed by atoms with Crippen molar-refractivity contribution in [2.24, 2.45) is 5.73 Å². The van der Waals surface area contributed by atoms with Crippen molar-refractivity contribution in [3.05, 3.63) is 12.7 Å². The Kier molecular flexibility index (Phi) is 7.77. The summed E-state index contributed by atoms with van der Waals surface area (Å²) in [4.78, 5) is 9.47. The smallest absolute Gasteiger partial charge is 0.264 e. The molecule has 0 radical (unpaired) electrons. The van der Waals surface area contributed by atoms with E-state index < -0.39 is 16.0 Å². The molecule has 3 N–H and O–H groups in total. The van der Waals surface area contributed by atoms with Crippen molar-refractivity contribution in [2.75, 3.05) is 5.75 Å². The third-order valence-corrected chi connectivity index (χ3v) is 1.59. The molecule has 0 aliphatic heterocycles. The minimum absolute atomic E-state index is 0.132. The minimum Gasteiger partial charge on any atom is -0.366 e. The van der Waals surface area contributed by atoms with Crippen LogP contribution < -0.4 is 5.73 Å². The summed E-state index contributed by atoms with van der Waals surface area (Å²) in [6.45, 7) is 4.77. The van der Waals surface area contributed by atoms with Crippen LogP contribution in [0.4, 0.5) is 0 Å². The van der Waals surface area contributed by atoms with Crippen molar-refractivity contribution < 1.29 is 17.8 Å². The molecule has 0 bridgehead atoms. The van der Waals surface area contributed by atoms with Gasteiger partial charge in [0.05, 0.1) is 5.75 Å². The number of amides is 1. The maximum Gasteiger partial charge on any atom is 0.264 e. The van der Waals surface area contributed by atoms with Crippen LogP contribution in [0.25, 0.3) is 0 Å². The van der Waals surface area contributed by atoms with E-state index in [9.17, 15) is 13.2 Å². The summed E-state index contributed by atoms with van der Waals surface area (Å²) < 4.78 is 27.6. The molecular formula is C6H13NO4S. The second kappa shape index (κ2) is 6.81. The maximum atomic E-state index is 9.79. The second-order valence-corrected chi connectivity index (χ2v) is 3.46. The van der Waals surface area contributed by atoms with Crippen molar-refractivity contribution in [3.8, 4) is 0 Å². The van der Waals surface area contributed by atoms with Crippen LogP contribution in [0.3, 0.4) is 0 Å². The molecule has 0 aliphatic rings. The first-order valence-electron chi connectivity index (χ1n) is 3.20. The van der Waals surface area contributed by atoms with E-state index in [-0.39, 0.29) is 5.75 Å². The van der Waals surface area contributed by atoms with E-state index in [0.717, 1.165) is 6.08 Å². The van der Waals surface area contributed by atoms with Crippen LogP contribution in [-0.2, 0) is 14.9 Å². The first kappa shape index (κ1) is 13.7. The van der Waals surface area contributed by atoms with Gasteiger partial charge >= 0.3 is 0 Å². The van der Waals surface area contributed by atoms with Gasteiger partial charge in [-0.2, -0.15) is 8.42 Å². The van der Waals surface area contributed by atoms with Gasteiger partial charge in [0.2, 0.25) is 5.91 Å². The van der Waals surface area contributed by atoms with Gasteiger partial charge in [0.15, 0.2) is 0 Å². The second-order valence-electron chi connectivity index (χ2n) is 1.89. The highest BCUT2D eigenvalue weighted by molar-refractivity contribution is 7.85. The zero-order valence-electron chi connectivity index (χ0n) is 6.86. The number of hydrogen-bond acceptors (Lipinski definition) is 3. The lowest BCUT2D eigenvalue weighted by molar-refractivity contribution is -0.113. The highest BCUT2D eigenvalue weighted by atomic mass is 32.2. The molecule has 0 aromatic carbocycles. The van der Waals surface area contributed by atoms with Gasteiger partial charge in [-0.15, -0.1) is 0 Å². The molecule has 6 heteroatoms. The third kappa shape index (κ3) is 22.9. The SMILES string of the molecule is C=CC(N)=O.CCCS(=O)(=O)O. The average molecular weight is 195 g/mol. The summed E-state index contributed by atoms with van der Waals surface area (Å²) >= 11 is 0. The Morgan fingerprint density at radius 3 is 2.00 bits per heavy atom. The molecule has 0 aromatic rings. The fourth-order valence-electron chi connectivity index (χ4n) is 0.258. The lowest BCUT2D eigenvalue weighted by Crippen LogP contribution is -2.04. The Morgan fingerprint density at radius 1 is 1.67 bits per heavy atom. The number of nitrogens with two attached hydrogens (primary N) is 1. The predicted octanol–water partition coefficient (Wildman–Crippen LogP) is -0.0581. The molecule has 0 saturated heterocycles. The van der Waals surface area contributed by atoms with Gasteiger partial charge in [-0.25, -0.2) is 0 Å². The molecule has 0 spiro atoms. The van der Waals surface area contributed by atoms with Crippen LogP contribution in [-0.4, -0.2) is 24.6 Å². The normalized spacial score (nSPS) is 9.50. The topological polar surface area (TPSA) is 97.5 Å². The average Bonchev–Trinajstić information content (AvgIpc) is 1.86. The fraction of sp³-hybridized carbons (Fsp3) is 0.500. The molecule has 0 rings (SSSR count). The minimum atomic E-state index is -3.67. The summed E-state index contributed by atoms with van der Waals surface area (Å²) in [6, 6.07) is 0. The Labute approximate surface area is 72.0 Å². The standard InChI is InChI=1S/C3H5NO.C3H8O3S/c1-2-3(4)5;1-2-3-7(4,5)6/h2H,1H2,(H2,4,5);2-3H2,1H3,(H,4,5,6). The van der Waals surface area contributed by atoms with E-state index in [1.165, 1.54) is 0 Å². The van der Waals surface area contributed by atoms with E-state index in [0.29, 0.717) is 6.42 Å². The number of primary amides is 1. The van der Waals surface area contributed by atoms with Crippen molar-refractivity contribution in [1.29, 1.82) is 0 Å². The molecule has 0 saturated carbocycles. The number of hydrogen-bond donors (Lipinski definition) is 2. The van der Waals surface area contributed by atoms with Gasteiger partial charge in [-0.05, 0) is 12.5 Å². The summed E-state index contributed by atoms with van der Waals surface area (Å²) in [7, 11) is -3.67. The summed E-state index contributed by atoms with van der Waals surface area (Å²) in [6.07, 6.45) is 1.53. The van der Waals surface area contributed by atoms with Gasteiger partial charge < -0.3 is 5.73 Å². The molecule has 1 amide bonds. The quantitative estimate of drug-likeness (QED) is 0.487. The fourth-order valence-corrected chi connectivity index (χ4v) is 0.774. The lowest BCUT2D eigenvalue weighted by atomic mass is 10.6.